The number of esters is 1. The van der Waals surface area contributed by atoms with Gasteiger partial charge in [0, 0.05) is 6.54 Å². The molecule has 1 saturated carbocycles. The third kappa shape index (κ3) is 4.50. The zero-order chi connectivity index (χ0) is 12.7. The predicted octanol–water partition coefficient (Wildman–Crippen LogP) is 2.52. The molecule has 1 aliphatic rings. The summed E-state index contributed by atoms with van der Waals surface area (Å²) in [5.74, 6) is 1.12. The number of nitrogens with one attached hydrogen (secondary N) is 1. The predicted molar refractivity (Wildman–Crippen MR) is 69.7 cm³/mol. The van der Waals surface area contributed by atoms with E-state index in [0.29, 0.717) is 19.1 Å². The van der Waals surface area contributed by atoms with Gasteiger partial charge in [0.15, 0.2) is 0 Å². The number of rotatable bonds is 6. The summed E-state index contributed by atoms with van der Waals surface area (Å²) >= 11 is 0. The van der Waals surface area contributed by atoms with Crippen molar-refractivity contribution in [1.29, 1.82) is 0 Å². The van der Waals surface area contributed by atoms with Gasteiger partial charge in [-0.2, -0.15) is 0 Å². The Morgan fingerprint density at radius 2 is 2.12 bits per heavy atom. The Morgan fingerprint density at radius 3 is 2.65 bits per heavy atom. The molecule has 1 aliphatic carbocycles. The first kappa shape index (κ1) is 14.2. The molecule has 0 saturated heterocycles. The molecular weight excluding hydrogens is 214 g/mol. The highest BCUT2D eigenvalue weighted by Gasteiger charge is 2.31. The maximum absolute atomic E-state index is 11.9. The van der Waals surface area contributed by atoms with E-state index in [2.05, 4.69) is 18.8 Å². The lowest BCUT2D eigenvalue weighted by Crippen LogP contribution is -2.45. The van der Waals surface area contributed by atoms with Gasteiger partial charge in [0.25, 0.3) is 0 Å². The summed E-state index contributed by atoms with van der Waals surface area (Å²) in [6.07, 6.45) is 6.47. The molecule has 1 atom stereocenters. The van der Waals surface area contributed by atoms with Crippen LogP contribution in [0.2, 0.25) is 0 Å². The minimum absolute atomic E-state index is 0.103. The number of carbonyl (C=O) groups is 1. The molecule has 1 unspecified atom stereocenters. The normalized spacial score (nSPS) is 26.2. The van der Waals surface area contributed by atoms with Crippen molar-refractivity contribution in [3.05, 3.63) is 12.7 Å². The first-order valence-electron chi connectivity index (χ1n) is 6.70. The minimum Gasteiger partial charge on any atom is -0.465 e. The largest absolute Gasteiger partial charge is 0.465 e. The molecule has 0 spiro atoms. The molecule has 0 aromatic heterocycles. The van der Waals surface area contributed by atoms with Gasteiger partial charge in [-0.05, 0) is 31.6 Å². The van der Waals surface area contributed by atoms with E-state index >= 15 is 0 Å². The molecule has 3 nitrogen and oxygen atoms in total. The van der Waals surface area contributed by atoms with E-state index in [1.54, 1.807) is 6.08 Å². The lowest BCUT2D eigenvalue weighted by Gasteiger charge is -2.31. The summed E-state index contributed by atoms with van der Waals surface area (Å²) < 4.78 is 5.15. The minimum atomic E-state index is -0.152. The van der Waals surface area contributed by atoms with E-state index in [-0.39, 0.29) is 12.0 Å². The van der Waals surface area contributed by atoms with Crippen LogP contribution in [0, 0.1) is 11.8 Å². The van der Waals surface area contributed by atoms with E-state index in [0.717, 1.165) is 18.8 Å². The Labute approximate surface area is 105 Å². The van der Waals surface area contributed by atoms with Crippen LogP contribution in [-0.2, 0) is 9.53 Å². The van der Waals surface area contributed by atoms with Crippen LogP contribution in [0.1, 0.15) is 39.5 Å². The Morgan fingerprint density at radius 1 is 1.47 bits per heavy atom. The van der Waals surface area contributed by atoms with Crippen LogP contribution in [0.3, 0.4) is 0 Å². The Hall–Kier alpha value is -0.830. The second-order valence-corrected chi connectivity index (χ2v) is 4.95. The van der Waals surface area contributed by atoms with E-state index in [1.807, 2.05) is 6.92 Å². The molecule has 0 aromatic carbocycles. The summed E-state index contributed by atoms with van der Waals surface area (Å²) in [5, 5.41) is 3.25. The third-order valence-electron chi connectivity index (χ3n) is 3.55. The van der Waals surface area contributed by atoms with Gasteiger partial charge in [-0.3, -0.25) is 4.79 Å². The second kappa shape index (κ2) is 7.49. The molecule has 0 amide bonds. The van der Waals surface area contributed by atoms with Gasteiger partial charge in [-0.1, -0.05) is 25.8 Å². The maximum Gasteiger partial charge on any atom is 0.323 e. The molecule has 0 radical (unpaired) electrons. The molecule has 0 bridgehead atoms. The van der Waals surface area contributed by atoms with Crippen molar-refractivity contribution in [2.24, 2.45) is 11.8 Å². The summed E-state index contributed by atoms with van der Waals surface area (Å²) in [4.78, 5) is 11.9. The highest BCUT2D eigenvalue weighted by Crippen LogP contribution is 2.30. The van der Waals surface area contributed by atoms with E-state index in [9.17, 15) is 4.79 Å². The van der Waals surface area contributed by atoms with Crippen LogP contribution in [0.4, 0.5) is 0 Å². The third-order valence-corrected chi connectivity index (χ3v) is 3.55. The number of carbonyl (C=O) groups excluding carboxylic acids is 1. The lowest BCUT2D eigenvalue weighted by atomic mass is 9.79. The highest BCUT2D eigenvalue weighted by molar-refractivity contribution is 5.76. The maximum atomic E-state index is 11.9. The fourth-order valence-corrected chi connectivity index (χ4v) is 2.50. The van der Waals surface area contributed by atoms with E-state index in [4.69, 9.17) is 4.74 Å². The molecule has 0 aliphatic heterocycles. The van der Waals surface area contributed by atoms with Crippen molar-refractivity contribution < 1.29 is 9.53 Å². The molecule has 1 N–H and O–H groups in total. The summed E-state index contributed by atoms with van der Waals surface area (Å²) in [6.45, 7) is 8.93. The van der Waals surface area contributed by atoms with Crippen molar-refractivity contribution in [2.45, 2.75) is 45.6 Å². The van der Waals surface area contributed by atoms with Crippen LogP contribution < -0.4 is 5.32 Å². The molecule has 3 heteroatoms. The van der Waals surface area contributed by atoms with Crippen molar-refractivity contribution in [3.63, 3.8) is 0 Å². The Kier molecular flexibility index (Phi) is 6.27. The van der Waals surface area contributed by atoms with Gasteiger partial charge in [-0.25, -0.2) is 0 Å². The fourth-order valence-electron chi connectivity index (χ4n) is 2.50. The van der Waals surface area contributed by atoms with Crippen molar-refractivity contribution in [3.8, 4) is 0 Å². The first-order valence-corrected chi connectivity index (χ1v) is 6.70. The number of ether oxygens (including phenoxy) is 1. The number of hydrogen-bond donors (Lipinski definition) is 1. The zero-order valence-electron chi connectivity index (χ0n) is 11.1. The van der Waals surface area contributed by atoms with Gasteiger partial charge < -0.3 is 10.1 Å². The smallest absolute Gasteiger partial charge is 0.323 e. The van der Waals surface area contributed by atoms with Crippen LogP contribution in [0.15, 0.2) is 12.7 Å². The molecule has 17 heavy (non-hydrogen) atoms. The standard InChI is InChI=1S/C14H25NO2/c1-4-10-15-13(14(16)17-5-2)12-8-6-11(3)7-9-12/h4,11-13,15H,1,5-10H2,2-3H3. The quantitative estimate of drug-likeness (QED) is 0.572. The van der Waals surface area contributed by atoms with Crippen molar-refractivity contribution >= 4 is 5.97 Å². The highest BCUT2D eigenvalue weighted by atomic mass is 16.5. The molecule has 0 aromatic rings. The van der Waals surface area contributed by atoms with Gasteiger partial charge >= 0.3 is 5.97 Å². The van der Waals surface area contributed by atoms with E-state index in [1.165, 1.54) is 12.8 Å². The summed E-state index contributed by atoms with van der Waals surface area (Å²) in [5.41, 5.74) is 0. The monoisotopic (exact) mass is 239 g/mol. The topological polar surface area (TPSA) is 38.3 Å². The van der Waals surface area contributed by atoms with Gasteiger partial charge in [0.2, 0.25) is 0 Å². The van der Waals surface area contributed by atoms with Gasteiger partial charge in [-0.15, -0.1) is 6.58 Å². The number of hydrogen-bond acceptors (Lipinski definition) is 3. The molecule has 0 heterocycles. The van der Waals surface area contributed by atoms with E-state index < -0.39 is 0 Å². The zero-order valence-corrected chi connectivity index (χ0v) is 11.1. The second-order valence-electron chi connectivity index (χ2n) is 4.95. The Bertz CT molecular complexity index is 245. The van der Waals surface area contributed by atoms with Crippen LogP contribution in [0.5, 0.6) is 0 Å². The lowest BCUT2D eigenvalue weighted by molar-refractivity contribution is -0.147. The Balaban J connectivity index is 2.55. The first-order chi connectivity index (χ1) is 8.19. The van der Waals surface area contributed by atoms with Gasteiger partial charge in [0.1, 0.15) is 6.04 Å². The summed E-state index contributed by atoms with van der Waals surface area (Å²) in [7, 11) is 0. The van der Waals surface area contributed by atoms with Crippen molar-refractivity contribution in [2.75, 3.05) is 13.2 Å². The molecule has 1 rings (SSSR count). The van der Waals surface area contributed by atoms with Crippen LogP contribution in [0.25, 0.3) is 0 Å². The average Bonchev–Trinajstić information content (AvgIpc) is 2.32. The average molecular weight is 239 g/mol. The fraction of sp³-hybridized carbons (Fsp3) is 0.786. The van der Waals surface area contributed by atoms with Gasteiger partial charge in [0.05, 0.1) is 6.61 Å². The SMILES string of the molecule is C=CCNC(C(=O)OCC)C1CCC(C)CC1. The van der Waals surface area contributed by atoms with Crippen molar-refractivity contribution in [1.82, 2.24) is 5.32 Å². The van der Waals surface area contributed by atoms with Crippen LogP contribution in [-0.4, -0.2) is 25.2 Å². The molecule has 98 valence electrons. The molecule has 1 fully saturated rings. The molecular formula is C14H25NO2. The van der Waals surface area contributed by atoms with Crippen LogP contribution >= 0.6 is 0 Å². The summed E-state index contributed by atoms with van der Waals surface area (Å²) in [6, 6.07) is -0.152.